The average molecular weight is 413 g/mol. The topological polar surface area (TPSA) is 75.5 Å². The van der Waals surface area contributed by atoms with Crippen LogP contribution in [-0.4, -0.2) is 21.2 Å². The van der Waals surface area contributed by atoms with E-state index in [-0.39, 0.29) is 17.7 Å². The maximum absolute atomic E-state index is 12.5. The number of thiophene rings is 1. The molecule has 0 fully saturated rings. The number of nitrogens with one attached hydrogen (secondary N) is 2. The first kappa shape index (κ1) is 18.6. The number of anilines is 1. The third-order valence-electron chi connectivity index (χ3n) is 4.67. The molecule has 144 valence electrons. The lowest BCUT2D eigenvalue weighted by Gasteiger charge is -2.11. The Hall–Kier alpha value is -2.71. The summed E-state index contributed by atoms with van der Waals surface area (Å²) in [6.07, 6.45) is 2.76. The lowest BCUT2D eigenvalue weighted by molar-refractivity contribution is -0.119. The van der Waals surface area contributed by atoms with Gasteiger partial charge in [-0.2, -0.15) is 0 Å². The van der Waals surface area contributed by atoms with Gasteiger partial charge in [0.05, 0.1) is 10.4 Å². The Kier molecular flexibility index (Phi) is 5.15. The number of carbonyl (C=O) groups is 2. The molecule has 0 aliphatic rings. The van der Waals surface area contributed by atoms with Gasteiger partial charge >= 0.3 is 0 Å². The van der Waals surface area contributed by atoms with Crippen molar-refractivity contribution in [1.82, 2.24) is 14.7 Å². The van der Waals surface area contributed by atoms with Crippen LogP contribution in [0.3, 0.4) is 0 Å². The molecule has 3 aromatic heterocycles. The second kappa shape index (κ2) is 7.73. The Morgan fingerprint density at radius 2 is 2.14 bits per heavy atom. The van der Waals surface area contributed by atoms with Gasteiger partial charge in [-0.15, -0.1) is 22.7 Å². The fourth-order valence-corrected chi connectivity index (χ4v) is 4.56. The van der Waals surface area contributed by atoms with Gasteiger partial charge in [0, 0.05) is 29.7 Å². The highest BCUT2D eigenvalue weighted by atomic mass is 32.1. The van der Waals surface area contributed by atoms with Crippen LogP contribution in [0.2, 0.25) is 0 Å². The number of aromatic nitrogens is 2. The quantitative estimate of drug-likeness (QED) is 0.489. The summed E-state index contributed by atoms with van der Waals surface area (Å²) in [6.45, 7) is 4.28. The van der Waals surface area contributed by atoms with Crippen LogP contribution < -0.4 is 10.6 Å². The minimum atomic E-state index is -0.124. The number of nitrogens with zero attached hydrogens (tertiary/aromatic N) is 2. The number of carbonyl (C=O) groups excluding carboxylic acids is 2. The van der Waals surface area contributed by atoms with E-state index in [0.717, 1.165) is 33.0 Å². The molecule has 0 aliphatic carbocycles. The van der Waals surface area contributed by atoms with Crippen LogP contribution in [0, 0.1) is 5.92 Å². The molecule has 2 N–H and O–H groups in total. The van der Waals surface area contributed by atoms with E-state index >= 15 is 0 Å². The van der Waals surface area contributed by atoms with Crippen molar-refractivity contribution in [2.75, 3.05) is 5.32 Å². The maximum Gasteiger partial charge on any atom is 0.261 e. The van der Waals surface area contributed by atoms with E-state index in [1.165, 1.54) is 11.3 Å². The third kappa shape index (κ3) is 3.65. The van der Waals surface area contributed by atoms with Crippen molar-refractivity contribution in [1.29, 1.82) is 0 Å². The molecular formula is C20H20N4O2S2. The van der Waals surface area contributed by atoms with E-state index in [9.17, 15) is 9.59 Å². The molecule has 1 atom stereocenters. The SMILES string of the molecule is CCC(C)C(=O)Nc1cccc(CNC(=O)c2cc3c(nc4sccn43)s2)c1. The summed E-state index contributed by atoms with van der Waals surface area (Å²) in [5.41, 5.74) is 2.63. The molecule has 3 heterocycles. The van der Waals surface area contributed by atoms with Crippen molar-refractivity contribution < 1.29 is 9.59 Å². The zero-order valence-electron chi connectivity index (χ0n) is 15.6. The summed E-state index contributed by atoms with van der Waals surface area (Å²) in [6, 6.07) is 9.42. The summed E-state index contributed by atoms with van der Waals surface area (Å²) in [5.74, 6) is -0.150. The summed E-state index contributed by atoms with van der Waals surface area (Å²) >= 11 is 2.97. The Morgan fingerprint density at radius 3 is 2.96 bits per heavy atom. The molecule has 1 unspecified atom stereocenters. The molecule has 1 aromatic carbocycles. The van der Waals surface area contributed by atoms with Gasteiger partial charge in [-0.3, -0.25) is 14.0 Å². The van der Waals surface area contributed by atoms with Gasteiger partial charge in [-0.1, -0.05) is 26.0 Å². The number of imidazole rings is 1. The predicted octanol–water partition coefficient (Wildman–Crippen LogP) is 4.53. The maximum atomic E-state index is 12.5. The van der Waals surface area contributed by atoms with Gasteiger partial charge in [0.1, 0.15) is 4.83 Å². The highest BCUT2D eigenvalue weighted by Crippen LogP contribution is 2.28. The molecule has 4 rings (SSSR count). The van der Waals surface area contributed by atoms with Crippen LogP contribution in [-0.2, 0) is 11.3 Å². The van der Waals surface area contributed by atoms with Crippen molar-refractivity contribution in [2.24, 2.45) is 5.92 Å². The van der Waals surface area contributed by atoms with E-state index in [2.05, 4.69) is 15.6 Å². The zero-order chi connectivity index (χ0) is 19.7. The Bertz CT molecular complexity index is 1160. The van der Waals surface area contributed by atoms with Crippen molar-refractivity contribution in [3.8, 4) is 0 Å². The second-order valence-corrected chi connectivity index (χ2v) is 8.55. The number of benzene rings is 1. The lowest BCUT2D eigenvalue weighted by Crippen LogP contribution is -2.22. The minimum Gasteiger partial charge on any atom is -0.347 e. The summed E-state index contributed by atoms with van der Waals surface area (Å²) in [4.78, 5) is 31.6. The van der Waals surface area contributed by atoms with Crippen LogP contribution in [0.15, 0.2) is 41.9 Å². The van der Waals surface area contributed by atoms with Crippen LogP contribution in [0.5, 0.6) is 0 Å². The molecule has 2 amide bonds. The highest BCUT2D eigenvalue weighted by Gasteiger charge is 2.15. The highest BCUT2D eigenvalue weighted by molar-refractivity contribution is 7.21. The largest absolute Gasteiger partial charge is 0.347 e. The van der Waals surface area contributed by atoms with E-state index in [1.54, 1.807) is 11.3 Å². The normalized spacial score (nSPS) is 12.4. The molecular weight excluding hydrogens is 392 g/mol. The standard InChI is InChI=1S/C20H20N4O2S2/c1-3-12(2)17(25)22-14-6-4-5-13(9-14)11-21-18(26)16-10-15-19(28-16)23-20-24(15)7-8-27-20/h4-10,12H,3,11H2,1-2H3,(H,21,26)(H,22,25). The van der Waals surface area contributed by atoms with Crippen molar-refractivity contribution in [3.63, 3.8) is 0 Å². The predicted molar refractivity (Wildman–Crippen MR) is 114 cm³/mol. The molecule has 4 aromatic rings. The summed E-state index contributed by atoms with van der Waals surface area (Å²) < 4.78 is 2.00. The third-order valence-corrected chi connectivity index (χ3v) is 6.44. The fraction of sp³-hybridized carbons (Fsp3) is 0.250. The van der Waals surface area contributed by atoms with E-state index in [1.807, 2.05) is 60.2 Å². The van der Waals surface area contributed by atoms with Gasteiger partial charge in [0.2, 0.25) is 5.91 Å². The molecule has 6 nitrogen and oxygen atoms in total. The monoisotopic (exact) mass is 412 g/mol. The molecule has 0 spiro atoms. The van der Waals surface area contributed by atoms with Crippen LogP contribution in [0.4, 0.5) is 5.69 Å². The van der Waals surface area contributed by atoms with Gasteiger partial charge in [0.15, 0.2) is 4.96 Å². The van der Waals surface area contributed by atoms with Crippen LogP contribution >= 0.6 is 22.7 Å². The van der Waals surface area contributed by atoms with Gasteiger partial charge < -0.3 is 10.6 Å². The number of hydrogen-bond acceptors (Lipinski definition) is 5. The minimum absolute atomic E-state index is 0.00540. The number of rotatable bonds is 6. The van der Waals surface area contributed by atoms with Crippen LogP contribution in [0.1, 0.15) is 35.5 Å². The number of thiazole rings is 1. The summed E-state index contributed by atoms with van der Waals surface area (Å²) in [7, 11) is 0. The van der Waals surface area contributed by atoms with Crippen molar-refractivity contribution in [3.05, 3.63) is 52.3 Å². The first-order chi connectivity index (χ1) is 13.5. The Labute approximate surface area is 170 Å². The first-order valence-corrected chi connectivity index (χ1v) is 10.8. The molecule has 8 heteroatoms. The number of hydrogen-bond donors (Lipinski definition) is 2. The molecule has 0 saturated heterocycles. The van der Waals surface area contributed by atoms with Crippen molar-refractivity contribution in [2.45, 2.75) is 26.8 Å². The van der Waals surface area contributed by atoms with Crippen molar-refractivity contribution >= 4 is 55.5 Å². The van der Waals surface area contributed by atoms with E-state index < -0.39 is 0 Å². The smallest absolute Gasteiger partial charge is 0.261 e. The van der Waals surface area contributed by atoms with Gasteiger partial charge in [-0.25, -0.2) is 4.98 Å². The summed E-state index contributed by atoms with van der Waals surface area (Å²) in [5, 5.41) is 7.85. The van der Waals surface area contributed by atoms with Gasteiger partial charge in [0.25, 0.3) is 5.91 Å². The average Bonchev–Trinajstić information content (AvgIpc) is 3.38. The lowest BCUT2D eigenvalue weighted by atomic mass is 10.1. The Balaban J connectivity index is 1.42. The molecule has 0 radical (unpaired) electrons. The second-order valence-electron chi connectivity index (χ2n) is 6.65. The molecule has 28 heavy (non-hydrogen) atoms. The number of amides is 2. The van der Waals surface area contributed by atoms with Crippen LogP contribution in [0.25, 0.3) is 15.3 Å². The van der Waals surface area contributed by atoms with E-state index in [0.29, 0.717) is 11.4 Å². The number of fused-ring (bicyclic) bond motifs is 3. The van der Waals surface area contributed by atoms with Gasteiger partial charge in [-0.05, 0) is 30.2 Å². The fourth-order valence-electron chi connectivity index (χ4n) is 2.84. The molecule has 0 aliphatic heterocycles. The molecule has 0 saturated carbocycles. The Morgan fingerprint density at radius 1 is 1.29 bits per heavy atom. The first-order valence-electron chi connectivity index (χ1n) is 9.08. The van der Waals surface area contributed by atoms with E-state index in [4.69, 9.17) is 0 Å². The zero-order valence-corrected chi connectivity index (χ0v) is 17.2. The molecule has 0 bridgehead atoms.